The highest BCUT2D eigenvalue weighted by molar-refractivity contribution is 5.96. The monoisotopic (exact) mass is 236 g/mol. The number of morpholine rings is 1. The molecule has 1 aromatic rings. The number of carbonyl (C=O) groups is 1. The zero-order valence-corrected chi connectivity index (χ0v) is 9.80. The minimum absolute atomic E-state index is 0.0705. The first-order chi connectivity index (χ1) is 8.24. The molecule has 1 atom stereocenters. The molecule has 0 aromatic carbocycles. The molecular formula is C12H16N2O3. The highest BCUT2D eigenvalue weighted by atomic mass is 16.5. The average molecular weight is 236 g/mol. The molecule has 0 spiro atoms. The third-order valence-electron chi connectivity index (χ3n) is 2.99. The predicted molar refractivity (Wildman–Crippen MR) is 61.8 cm³/mol. The van der Waals surface area contributed by atoms with Gasteiger partial charge in [0.1, 0.15) is 5.75 Å². The molecule has 1 aliphatic heterocycles. The number of amides is 1. The molecular weight excluding hydrogens is 220 g/mol. The molecule has 1 aliphatic rings. The first-order valence-electron chi connectivity index (χ1n) is 5.75. The van der Waals surface area contributed by atoms with Crippen molar-refractivity contribution in [2.45, 2.75) is 19.4 Å². The summed E-state index contributed by atoms with van der Waals surface area (Å²) in [7, 11) is 0. The summed E-state index contributed by atoms with van der Waals surface area (Å²) < 4.78 is 5.35. The van der Waals surface area contributed by atoms with Crippen LogP contribution in [0.2, 0.25) is 0 Å². The van der Waals surface area contributed by atoms with Gasteiger partial charge in [0.2, 0.25) is 0 Å². The molecule has 1 unspecified atom stereocenters. The molecule has 1 amide bonds. The van der Waals surface area contributed by atoms with Crippen molar-refractivity contribution in [1.29, 1.82) is 0 Å². The summed E-state index contributed by atoms with van der Waals surface area (Å²) in [5.41, 5.74) is 0.306. The summed E-state index contributed by atoms with van der Waals surface area (Å²) in [4.78, 5) is 17.8. The molecule has 0 radical (unpaired) electrons. The Kier molecular flexibility index (Phi) is 3.58. The van der Waals surface area contributed by atoms with Crippen molar-refractivity contribution in [2.75, 3.05) is 19.8 Å². The zero-order chi connectivity index (χ0) is 12.3. The Hall–Kier alpha value is -1.62. The Labute approximate surface area is 100 Å². The lowest BCUT2D eigenvalue weighted by Crippen LogP contribution is -2.48. The van der Waals surface area contributed by atoms with Crippen LogP contribution < -0.4 is 0 Å². The first-order valence-corrected chi connectivity index (χ1v) is 5.75. The van der Waals surface area contributed by atoms with E-state index in [1.807, 2.05) is 6.92 Å². The van der Waals surface area contributed by atoms with Crippen molar-refractivity contribution in [3.8, 4) is 5.75 Å². The predicted octanol–water partition coefficient (Wildman–Crippen LogP) is 1.04. The lowest BCUT2D eigenvalue weighted by molar-refractivity contribution is -0.00294. The van der Waals surface area contributed by atoms with Gasteiger partial charge in [-0.2, -0.15) is 0 Å². The molecule has 5 nitrogen and oxygen atoms in total. The van der Waals surface area contributed by atoms with Crippen molar-refractivity contribution >= 4 is 5.91 Å². The fourth-order valence-corrected chi connectivity index (χ4v) is 1.98. The summed E-state index contributed by atoms with van der Waals surface area (Å²) in [6.07, 6.45) is 3.64. The second-order valence-corrected chi connectivity index (χ2v) is 4.03. The van der Waals surface area contributed by atoms with Crippen LogP contribution in [0.4, 0.5) is 0 Å². The number of aromatic hydroxyl groups is 1. The molecule has 2 heterocycles. The lowest BCUT2D eigenvalue weighted by Gasteiger charge is -2.35. The molecule has 0 aliphatic carbocycles. The van der Waals surface area contributed by atoms with Crippen LogP contribution in [0.5, 0.6) is 5.75 Å². The molecule has 1 saturated heterocycles. The van der Waals surface area contributed by atoms with Gasteiger partial charge in [0, 0.05) is 12.7 Å². The standard InChI is InChI=1S/C12H16N2O3/c1-2-9-8-17-6-5-14(9)12(16)10-3-4-13-7-11(10)15/h3-4,7,9,15H,2,5-6,8H2,1H3. The fourth-order valence-electron chi connectivity index (χ4n) is 1.98. The van der Waals surface area contributed by atoms with Crippen LogP contribution in [-0.2, 0) is 4.74 Å². The number of rotatable bonds is 2. The smallest absolute Gasteiger partial charge is 0.258 e. The molecule has 17 heavy (non-hydrogen) atoms. The number of aromatic nitrogens is 1. The maximum atomic E-state index is 12.3. The van der Waals surface area contributed by atoms with E-state index in [4.69, 9.17) is 4.74 Å². The van der Waals surface area contributed by atoms with Crippen molar-refractivity contribution in [3.63, 3.8) is 0 Å². The summed E-state index contributed by atoms with van der Waals surface area (Å²) >= 11 is 0. The van der Waals surface area contributed by atoms with Crippen LogP contribution in [0.1, 0.15) is 23.7 Å². The Balaban J connectivity index is 2.21. The van der Waals surface area contributed by atoms with Crippen LogP contribution in [0.25, 0.3) is 0 Å². The van der Waals surface area contributed by atoms with Gasteiger partial charge in [-0.25, -0.2) is 0 Å². The van der Waals surface area contributed by atoms with Gasteiger partial charge in [0.25, 0.3) is 5.91 Å². The van der Waals surface area contributed by atoms with Gasteiger partial charge in [-0.1, -0.05) is 6.92 Å². The van der Waals surface area contributed by atoms with E-state index in [-0.39, 0.29) is 17.7 Å². The van der Waals surface area contributed by atoms with E-state index in [0.29, 0.717) is 25.3 Å². The van der Waals surface area contributed by atoms with Crippen LogP contribution in [0.3, 0.4) is 0 Å². The molecule has 1 fully saturated rings. The minimum atomic E-state index is -0.153. The van der Waals surface area contributed by atoms with Gasteiger partial charge in [-0.15, -0.1) is 0 Å². The van der Waals surface area contributed by atoms with E-state index in [0.717, 1.165) is 6.42 Å². The first kappa shape index (κ1) is 11.9. The van der Waals surface area contributed by atoms with E-state index in [2.05, 4.69) is 4.98 Å². The summed E-state index contributed by atoms with van der Waals surface area (Å²) in [6.45, 7) is 3.70. The van der Waals surface area contributed by atoms with E-state index in [1.165, 1.54) is 12.4 Å². The molecule has 1 N–H and O–H groups in total. The summed E-state index contributed by atoms with van der Waals surface area (Å²) in [5, 5.41) is 9.63. The lowest BCUT2D eigenvalue weighted by atomic mass is 10.1. The van der Waals surface area contributed by atoms with Crippen molar-refractivity contribution in [2.24, 2.45) is 0 Å². The number of pyridine rings is 1. The van der Waals surface area contributed by atoms with Crippen molar-refractivity contribution in [3.05, 3.63) is 24.0 Å². The van der Waals surface area contributed by atoms with Crippen LogP contribution in [-0.4, -0.2) is 46.7 Å². The van der Waals surface area contributed by atoms with Gasteiger partial charge >= 0.3 is 0 Å². The van der Waals surface area contributed by atoms with Gasteiger partial charge in [0.15, 0.2) is 0 Å². The van der Waals surface area contributed by atoms with Gasteiger partial charge in [0.05, 0.1) is 31.0 Å². The SMILES string of the molecule is CCC1COCCN1C(=O)c1ccncc1O. The number of ether oxygens (including phenoxy) is 1. The van der Waals surface area contributed by atoms with Crippen LogP contribution in [0, 0.1) is 0 Å². The Morgan fingerprint density at radius 1 is 1.71 bits per heavy atom. The van der Waals surface area contributed by atoms with E-state index in [1.54, 1.807) is 11.0 Å². The maximum absolute atomic E-state index is 12.3. The molecule has 0 saturated carbocycles. The Morgan fingerprint density at radius 3 is 3.24 bits per heavy atom. The number of hydrogen-bond acceptors (Lipinski definition) is 4. The fraction of sp³-hybridized carbons (Fsp3) is 0.500. The minimum Gasteiger partial charge on any atom is -0.505 e. The Morgan fingerprint density at radius 2 is 2.53 bits per heavy atom. The van der Waals surface area contributed by atoms with Crippen molar-refractivity contribution in [1.82, 2.24) is 9.88 Å². The molecule has 5 heteroatoms. The van der Waals surface area contributed by atoms with E-state index >= 15 is 0 Å². The van der Waals surface area contributed by atoms with Gasteiger partial charge in [-0.3, -0.25) is 9.78 Å². The second kappa shape index (κ2) is 5.14. The van der Waals surface area contributed by atoms with Gasteiger partial charge in [-0.05, 0) is 12.5 Å². The summed E-state index contributed by atoms with van der Waals surface area (Å²) in [5.74, 6) is -0.223. The third-order valence-corrected chi connectivity index (χ3v) is 2.99. The van der Waals surface area contributed by atoms with E-state index in [9.17, 15) is 9.90 Å². The number of carbonyl (C=O) groups excluding carboxylic acids is 1. The van der Waals surface area contributed by atoms with Crippen LogP contribution in [0.15, 0.2) is 18.5 Å². The third kappa shape index (κ3) is 2.39. The van der Waals surface area contributed by atoms with Crippen LogP contribution >= 0.6 is 0 Å². The number of hydrogen-bond donors (Lipinski definition) is 1. The van der Waals surface area contributed by atoms with E-state index < -0.39 is 0 Å². The van der Waals surface area contributed by atoms with Crippen molar-refractivity contribution < 1.29 is 14.6 Å². The summed E-state index contributed by atoms with van der Waals surface area (Å²) in [6, 6.07) is 1.63. The maximum Gasteiger partial charge on any atom is 0.258 e. The topological polar surface area (TPSA) is 62.7 Å². The quantitative estimate of drug-likeness (QED) is 0.833. The number of nitrogens with zero attached hydrogens (tertiary/aromatic N) is 2. The highest BCUT2D eigenvalue weighted by Gasteiger charge is 2.28. The molecule has 0 bridgehead atoms. The average Bonchev–Trinajstić information content (AvgIpc) is 2.38. The molecule has 2 rings (SSSR count). The van der Waals surface area contributed by atoms with Gasteiger partial charge < -0.3 is 14.7 Å². The normalized spacial score (nSPS) is 20.3. The second-order valence-electron chi connectivity index (χ2n) is 4.03. The highest BCUT2D eigenvalue weighted by Crippen LogP contribution is 2.20. The largest absolute Gasteiger partial charge is 0.505 e. The Bertz CT molecular complexity index is 408. The molecule has 92 valence electrons. The molecule has 1 aromatic heterocycles. The zero-order valence-electron chi connectivity index (χ0n) is 9.80.